The Hall–Kier alpha value is -3.16. The number of aryl methyl sites for hydroxylation is 1. The monoisotopic (exact) mass is 389 g/mol. The van der Waals surface area contributed by atoms with Gasteiger partial charge in [-0.1, -0.05) is 0 Å². The van der Waals surface area contributed by atoms with Crippen LogP contribution in [-0.2, 0) is 6.54 Å². The van der Waals surface area contributed by atoms with Crippen molar-refractivity contribution in [1.82, 2.24) is 9.88 Å². The van der Waals surface area contributed by atoms with Crippen LogP contribution in [-0.4, -0.2) is 39.9 Å². The molecule has 3 rings (SSSR count). The average Bonchev–Trinajstić information content (AvgIpc) is 2.83. The number of aromatic nitrogens is 1. The maximum absolute atomic E-state index is 12.9. The fraction of sp³-hybridized carbons (Fsp3) is 0.300. The fourth-order valence-corrected chi connectivity index (χ4v) is 3.22. The van der Waals surface area contributed by atoms with E-state index in [1.54, 1.807) is 43.0 Å². The van der Waals surface area contributed by atoms with Crippen LogP contribution in [0.2, 0.25) is 0 Å². The van der Waals surface area contributed by atoms with Crippen LogP contribution in [0.1, 0.15) is 50.4 Å². The number of ether oxygens (including phenoxy) is 1. The van der Waals surface area contributed by atoms with Gasteiger partial charge in [-0.2, -0.15) is 0 Å². The number of hydrogen-bond donors (Lipinski definition) is 1. The van der Waals surface area contributed by atoms with Crippen molar-refractivity contribution in [3.63, 3.8) is 0 Å². The van der Waals surface area contributed by atoms with Gasteiger partial charge in [0.25, 0.3) is 6.43 Å². The maximum Gasteiger partial charge on any atom is 0.394 e. The van der Waals surface area contributed by atoms with E-state index >= 15 is 0 Å². The van der Waals surface area contributed by atoms with Gasteiger partial charge in [-0.3, -0.25) is 4.79 Å². The second kappa shape index (κ2) is 7.84. The highest BCUT2D eigenvalue weighted by molar-refractivity contribution is 6.02. The predicted molar refractivity (Wildman–Crippen MR) is 96.6 cm³/mol. The highest BCUT2D eigenvalue weighted by Crippen LogP contribution is 2.33. The molecule has 2 aromatic rings. The molecule has 0 spiro atoms. The molecule has 0 aliphatic carbocycles. The van der Waals surface area contributed by atoms with Gasteiger partial charge in [-0.05, 0) is 25.5 Å². The minimum Gasteiger partial charge on any atom is -0.471 e. The number of amides is 1. The third-order valence-corrected chi connectivity index (χ3v) is 4.68. The number of carbonyl (C=O) groups excluding carboxylic acids is 1. The molecular weight excluding hydrogens is 370 g/mol. The molecule has 0 bridgehead atoms. The molecule has 0 fully saturated rings. The van der Waals surface area contributed by atoms with Crippen molar-refractivity contribution >= 4 is 11.9 Å². The third kappa shape index (κ3) is 3.76. The minimum atomic E-state index is -2.59. The fourth-order valence-electron chi connectivity index (χ4n) is 3.22. The lowest BCUT2D eigenvalue weighted by Gasteiger charge is -2.23. The number of hydrogen-bond acceptors (Lipinski definition) is 4. The number of pyridine rings is 1. The Morgan fingerprint density at radius 2 is 2.18 bits per heavy atom. The number of carboxylic acid groups (broad SMARTS) is 1. The maximum atomic E-state index is 12.9. The van der Waals surface area contributed by atoms with Gasteiger partial charge in [0, 0.05) is 30.0 Å². The molecule has 1 N–H and O–H groups in total. The van der Waals surface area contributed by atoms with Crippen LogP contribution < -0.4 is 4.74 Å². The zero-order valence-corrected chi connectivity index (χ0v) is 15.4. The topological polar surface area (TPSA) is 79.7 Å². The Bertz CT molecular complexity index is 940. The molecule has 146 valence electrons. The van der Waals surface area contributed by atoms with Crippen LogP contribution >= 0.6 is 0 Å². The summed E-state index contributed by atoms with van der Waals surface area (Å²) in [6.07, 6.45) is -1.11. The first kappa shape index (κ1) is 19.6. The molecule has 0 radical (unpaired) electrons. The number of carboxylic acids is 1. The van der Waals surface area contributed by atoms with Crippen molar-refractivity contribution < 1.29 is 28.2 Å². The average molecular weight is 389 g/mol. The number of fused-ring (bicyclic) bond motifs is 1. The quantitative estimate of drug-likeness (QED) is 0.762. The van der Waals surface area contributed by atoms with Gasteiger partial charge in [-0.25, -0.2) is 18.6 Å². The van der Waals surface area contributed by atoms with E-state index < -0.39 is 19.0 Å². The van der Waals surface area contributed by atoms with Crippen LogP contribution in [0.5, 0.6) is 5.88 Å². The summed E-state index contributed by atoms with van der Waals surface area (Å²) in [5.41, 5.74) is 2.19. The van der Waals surface area contributed by atoms with Crippen LogP contribution in [0.25, 0.3) is 0 Å². The van der Waals surface area contributed by atoms with Crippen LogP contribution in [0.3, 0.4) is 0 Å². The van der Waals surface area contributed by atoms with Crippen LogP contribution in [0.15, 0.2) is 36.5 Å². The first-order valence-corrected chi connectivity index (χ1v) is 8.66. The van der Waals surface area contributed by atoms with E-state index in [1.165, 1.54) is 12.3 Å². The Labute approximate surface area is 160 Å². The zero-order chi connectivity index (χ0) is 20.4. The molecule has 8 heteroatoms. The lowest BCUT2D eigenvalue weighted by atomic mass is 10.1. The van der Waals surface area contributed by atoms with Gasteiger partial charge in [-0.15, -0.1) is 0 Å². The SMILES string of the molecule is Cc1cc(C(C)N2Cc3c(cccc[c+]3C(=O)O)C2=O)cnc1OCC(F)F. The lowest BCUT2D eigenvalue weighted by Crippen LogP contribution is -2.27. The Morgan fingerprint density at radius 1 is 1.43 bits per heavy atom. The van der Waals surface area contributed by atoms with Gasteiger partial charge in [0.2, 0.25) is 5.88 Å². The summed E-state index contributed by atoms with van der Waals surface area (Å²) in [6.45, 7) is 2.92. The predicted octanol–water partition coefficient (Wildman–Crippen LogP) is 3.73. The van der Waals surface area contributed by atoms with E-state index in [0.717, 1.165) is 0 Å². The largest absolute Gasteiger partial charge is 0.471 e. The molecule has 1 aliphatic rings. The minimum absolute atomic E-state index is 0.0908. The van der Waals surface area contributed by atoms with Crippen molar-refractivity contribution in [2.45, 2.75) is 32.9 Å². The molecule has 1 aromatic carbocycles. The second-order valence-electron chi connectivity index (χ2n) is 6.53. The van der Waals surface area contributed by atoms with Crippen molar-refractivity contribution in [3.8, 4) is 5.88 Å². The molecule has 6 nitrogen and oxygen atoms in total. The Balaban J connectivity index is 1.87. The number of nitrogens with zero attached hydrogens (tertiary/aromatic N) is 2. The number of alkyl halides is 2. The van der Waals surface area contributed by atoms with Crippen LogP contribution in [0.4, 0.5) is 8.78 Å². The summed E-state index contributed by atoms with van der Waals surface area (Å²) < 4.78 is 29.6. The van der Waals surface area contributed by atoms with E-state index in [0.29, 0.717) is 22.3 Å². The number of aromatic carboxylic acids is 1. The lowest BCUT2D eigenvalue weighted by molar-refractivity contribution is 0.0682. The number of rotatable bonds is 6. The van der Waals surface area contributed by atoms with E-state index in [-0.39, 0.29) is 29.9 Å². The molecule has 1 unspecified atom stereocenters. The standard InChI is InChI=1S/C20H18F2N2O4/c1-11-7-13(8-23-18(11)28-10-17(21)22)12(2)24-9-16-14(19(24)25)5-3-4-6-15(16)20(26)27/h3-8,12,17H,9-10H2,1-2H3/p+1. The molecule has 1 atom stereocenters. The summed E-state index contributed by atoms with van der Waals surface area (Å²) in [7, 11) is 0. The van der Waals surface area contributed by atoms with Crippen molar-refractivity contribution in [2.75, 3.05) is 6.61 Å². The first-order valence-electron chi connectivity index (χ1n) is 8.66. The summed E-state index contributed by atoms with van der Waals surface area (Å²) in [5, 5.41) is 9.44. The molecule has 0 saturated heterocycles. The van der Waals surface area contributed by atoms with E-state index in [9.17, 15) is 23.5 Å². The first-order chi connectivity index (χ1) is 13.3. The van der Waals surface area contributed by atoms with Gasteiger partial charge in [0.05, 0.1) is 18.7 Å². The van der Waals surface area contributed by atoms with Gasteiger partial charge in [0.1, 0.15) is 11.1 Å². The molecule has 1 aliphatic heterocycles. The van der Waals surface area contributed by atoms with Gasteiger partial charge in [0.15, 0.2) is 12.2 Å². The smallest absolute Gasteiger partial charge is 0.394 e. The molecule has 2 heterocycles. The normalized spacial score (nSPS) is 14.2. The Kier molecular flexibility index (Phi) is 5.48. The molecule has 1 amide bonds. The molecule has 1 aromatic heterocycles. The van der Waals surface area contributed by atoms with E-state index in [1.807, 2.05) is 0 Å². The summed E-state index contributed by atoms with van der Waals surface area (Å²) in [5.74, 6) is -1.24. The third-order valence-electron chi connectivity index (χ3n) is 4.68. The van der Waals surface area contributed by atoms with E-state index in [2.05, 4.69) is 4.98 Å². The van der Waals surface area contributed by atoms with Gasteiger partial charge < -0.3 is 14.7 Å². The second-order valence-corrected chi connectivity index (χ2v) is 6.53. The highest BCUT2D eigenvalue weighted by Gasteiger charge is 2.39. The van der Waals surface area contributed by atoms with Crippen molar-refractivity contribution in [2.24, 2.45) is 0 Å². The van der Waals surface area contributed by atoms with E-state index in [4.69, 9.17) is 4.74 Å². The molecule has 28 heavy (non-hydrogen) atoms. The Morgan fingerprint density at radius 3 is 2.82 bits per heavy atom. The van der Waals surface area contributed by atoms with Crippen molar-refractivity contribution in [1.29, 1.82) is 0 Å². The summed E-state index contributed by atoms with van der Waals surface area (Å²) in [6, 6.07) is 7.66. The molecular formula is C20H19F2N2O4+. The summed E-state index contributed by atoms with van der Waals surface area (Å²) in [4.78, 5) is 30.0. The summed E-state index contributed by atoms with van der Waals surface area (Å²) >= 11 is 0. The van der Waals surface area contributed by atoms with Crippen molar-refractivity contribution in [3.05, 3.63) is 64.3 Å². The van der Waals surface area contributed by atoms with Gasteiger partial charge >= 0.3 is 11.9 Å². The highest BCUT2D eigenvalue weighted by atomic mass is 19.3. The molecule has 0 saturated carbocycles. The number of halogens is 2. The van der Waals surface area contributed by atoms with Crippen LogP contribution in [0, 0.1) is 6.92 Å². The number of carbonyl (C=O) groups is 2. The zero-order valence-electron chi connectivity index (χ0n) is 15.4.